The van der Waals surface area contributed by atoms with E-state index in [4.69, 9.17) is 0 Å². The van der Waals surface area contributed by atoms with Crippen molar-refractivity contribution in [3.8, 4) is 0 Å². The summed E-state index contributed by atoms with van der Waals surface area (Å²) < 4.78 is 1.05. The van der Waals surface area contributed by atoms with Crippen LogP contribution in [0.4, 0.5) is 11.4 Å². The van der Waals surface area contributed by atoms with Gasteiger partial charge in [0.15, 0.2) is 0 Å². The summed E-state index contributed by atoms with van der Waals surface area (Å²) in [4.78, 5) is 15.1. The summed E-state index contributed by atoms with van der Waals surface area (Å²) in [7, 11) is 2.02. The monoisotopic (exact) mass is 364 g/mol. The Labute approximate surface area is 137 Å². The normalized spacial score (nSPS) is 10.8. The van der Waals surface area contributed by atoms with Crippen LogP contribution in [-0.4, -0.2) is 19.5 Å². The Morgan fingerprint density at radius 3 is 2.86 bits per heavy atom. The molecule has 0 radical (unpaired) electrons. The molecule has 0 bridgehead atoms. The molecule has 0 fully saturated rings. The summed E-state index contributed by atoms with van der Waals surface area (Å²) in [6, 6.07) is 11.8. The Morgan fingerprint density at radius 2 is 2.19 bits per heavy atom. The Balaban J connectivity index is 2.01. The number of nitrogens with one attached hydrogen (secondary N) is 1. The van der Waals surface area contributed by atoms with E-state index >= 15 is 0 Å². The smallest absolute Gasteiger partial charge is 0.248 e. The second-order valence-electron chi connectivity index (χ2n) is 4.53. The van der Waals surface area contributed by atoms with E-state index in [0.29, 0.717) is 0 Å². The number of benzene rings is 1. The molecule has 1 heterocycles. The number of halogens is 1. The SMILES string of the molecule is CCN(C)c1cccc(NC(=O)/C=C/c2ccc(Br)s2)c1. The van der Waals surface area contributed by atoms with Crippen molar-refractivity contribution >= 4 is 50.6 Å². The van der Waals surface area contributed by atoms with Crippen LogP contribution >= 0.6 is 27.3 Å². The van der Waals surface area contributed by atoms with Crippen molar-refractivity contribution in [2.24, 2.45) is 0 Å². The third kappa shape index (κ3) is 4.72. The lowest BCUT2D eigenvalue weighted by Crippen LogP contribution is -2.16. The highest BCUT2D eigenvalue weighted by Gasteiger charge is 2.02. The molecule has 2 aromatic rings. The van der Waals surface area contributed by atoms with Crippen molar-refractivity contribution in [1.29, 1.82) is 0 Å². The fourth-order valence-corrected chi connectivity index (χ4v) is 3.09. The number of nitrogens with zero attached hydrogens (tertiary/aromatic N) is 1. The molecule has 5 heteroatoms. The highest BCUT2D eigenvalue weighted by molar-refractivity contribution is 9.11. The minimum Gasteiger partial charge on any atom is -0.375 e. The van der Waals surface area contributed by atoms with Gasteiger partial charge in [-0.1, -0.05) is 6.07 Å². The number of amides is 1. The largest absolute Gasteiger partial charge is 0.375 e. The molecule has 110 valence electrons. The Morgan fingerprint density at radius 1 is 1.38 bits per heavy atom. The van der Waals surface area contributed by atoms with Crippen LogP contribution in [-0.2, 0) is 4.79 Å². The first-order valence-corrected chi connectivity index (χ1v) is 8.25. The van der Waals surface area contributed by atoms with Crippen LogP contribution in [0.15, 0.2) is 46.3 Å². The molecule has 0 atom stereocenters. The summed E-state index contributed by atoms with van der Waals surface area (Å²) in [5.41, 5.74) is 1.89. The number of thiophene rings is 1. The minimum absolute atomic E-state index is 0.129. The zero-order chi connectivity index (χ0) is 15.2. The molecule has 0 saturated carbocycles. The zero-order valence-corrected chi connectivity index (χ0v) is 14.4. The Kier molecular flexibility index (Phi) is 5.59. The van der Waals surface area contributed by atoms with E-state index in [-0.39, 0.29) is 5.91 Å². The molecule has 1 amide bonds. The molecule has 0 unspecified atom stereocenters. The zero-order valence-electron chi connectivity index (χ0n) is 12.0. The third-order valence-electron chi connectivity index (χ3n) is 3.02. The van der Waals surface area contributed by atoms with E-state index in [1.165, 1.54) is 0 Å². The van der Waals surface area contributed by atoms with E-state index < -0.39 is 0 Å². The molecule has 1 N–H and O–H groups in total. The van der Waals surface area contributed by atoms with E-state index in [1.54, 1.807) is 17.4 Å². The molecule has 0 aliphatic heterocycles. The lowest BCUT2D eigenvalue weighted by Gasteiger charge is -2.17. The van der Waals surface area contributed by atoms with Gasteiger partial charge in [-0.2, -0.15) is 0 Å². The minimum atomic E-state index is -0.129. The van der Waals surface area contributed by atoms with Crippen LogP contribution in [0.3, 0.4) is 0 Å². The van der Waals surface area contributed by atoms with Gasteiger partial charge in [0.1, 0.15) is 0 Å². The van der Waals surface area contributed by atoms with Crippen LogP contribution in [0.2, 0.25) is 0 Å². The van der Waals surface area contributed by atoms with E-state index in [1.807, 2.05) is 49.5 Å². The second kappa shape index (κ2) is 7.43. The summed E-state index contributed by atoms with van der Waals surface area (Å²) in [6.07, 6.45) is 3.36. The lowest BCUT2D eigenvalue weighted by molar-refractivity contribution is -0.111. The molecule has 0 spiro atoms. The first kappa shape index (κ1) is 15.8. The molecule has 1 aromatic carbocycles. The molecule has 2 rings (SSSR count). The van der Waals surface area contributed by atoms with E-state index in [9.17, 15) is 4.79 Å². The van der Waals surface area contributed by atoms with Crippen molar-refractivity contribution in [2.45, 2.75) is 6.92 Å². The molecule has 3 nitrogen and oxygen atoms in total. The number of anilines is 2. The topological polar surface area (TPSA) is 32.3 Å². The summed E-state index contributed by atoms with van der Waals surface area (Å²) in [5.74, 6) is -0.129. The summed E-state index contributed by atoms with van der Waals surface area (Å²) in [5, 5.41) is 2.88. The fraction of sp³-hybridized carbons (Fsp3) is 0.188. The molecule has 21 heavy (non-hydrogen) atoms. The first-order valence-electron chi connectivity index (χ1n) is 6.64. The highest BCUT2D eigenvalue weighted by atomic mass is 79.9. The Hall–Kier alpha value is -1.59. The van der Waals surface area contributed by atoms with E-state index in [2.05, 4.69) is 33.1 Å². The number of rotatable bonds is 5. The van der Waals surface area contributed by atoms with Gasteiger partial charge >= 0.3 is 0 Å². The number of carbonyl (C=O) groups is 1. The van der Waals surface area contributed by atoms with Crippen molar-refractivity contribution in [1.82, 2.24) is 0 Å². The van der Waals surface area contributed by atoms with Gasteiger partial charge in [-0.05, 0) is 59.3 Å². The van der Waals surface area contributed by atoms with Crippen LogP contribution in [0.5, 0.6) is 0 Å². The predicted molar refractivity (Wildman–Crippen MR) is 95.1 cm³/mol. The van der Waals surface area contributed by atoms with Gasteiger partial charge in [0.25, 0.3) is 0 Å². The number of hydrogen-bond donors (Lipinski definition) is 1. The first-order chi connectivity index (χ1) is 10.1. The number of carbonyl (C=O) groups excluding carboxylic acids is 1. The fourth-order valence-electron chi connectivity index (χ4n) is 1.76. The average Bonchev–Trinajstić information content (AvgIpc) is 2.90. The van der Waals surface area contributed by atoms with Gasteiger partial charge in [-0.3, -0.25) is 4.79 Å². The van der Waals surface area contributed by atoms with Gasteiger partial charge in [0.2, 0.25) is 5.91 Å². The third-order valence-corrected chi connectivity index (χ3v) is 4.61. The van der Waals surface area contributed by atoms with Crippen molar-refractivity contribution < 1.29 is 4.79 Å². The van der Waals surface area contributed by atoms with Gasteiger partial charge in [0.05, 0.1) is 3.79 Å². The summed E-state index contributed by atoms with van der Waals surface area (Å²) >= 11 is 4.99. The predicted octanol–water partition coefficient (Wildman–Crippen LogP) is 4.62. The second-order valence-corrected chi connectivity index (χ2v) is 7.02. The molecular formula is C16H17BrN2OS. The van der Waals surface area contributed by atoms with Crippen LogP contribution in [0.25, 0.3) is 6.08 Å². The van der Waals surface area contributed by atoms with Crippen molar-refractivity contribution in [2.75, 3.05) is 23.8 Å². The Bertz CT molecular complexity index is 651. The van der Waals surface area contributed by atoms with Gasteiger partial charge in [-0.15, -0.1) is 11.3 Å². The average molecular weight is 365 g/mol. The molecule has 0 aliphatic rings. The maximum Gasteiger partial charge on any atom is 0.248 e. The maximum atomic E-state index is 11.9. The molecule has 0 aliphatic carbocycles. The number of hydrogen-bond acceptors (Lipinski definition) is 3. The molecule has 0 saturated heterocycles. The maximum absolute atomic E-state index is 11.9. The van der Waals surface area contributed by atoms with Gasteiger partial charge < -0.3 is 10.2 Å². The quantitative estimate of drug-likeness (QED) is 0.785. The van der Waals surface area contributed by atoms with Crippen molar-refractivity contribution in [3.05, 3.63) is 51.1 Å². The highest BCUT2D eigenvalue weighted by Crippen LogP contribution is 2.23. The van der Waals surface area contributed by atoms with Crippen molar-refractivity contribution in [3.63, 3.8) is 0 Å². The van der Waals surface area contributed by atoms with Crippen LogP contribution < -0.4 is 10.2 Å². The van der Waals surface area contributed by atoms with Gasteiger partial charge in [-0.25, -0.2) is 0 Å². The molecular weight excluding hydrogens is 348 g/mol. The molecule has 1 aromatic heterocycles. The van der Waals surface area contributed by atoms with Gasteiger partial charge in [0, 0.05) is 35.9 Å². The standard InChI is InChI=1S/C16H17BrN2OS/c1-3-19(2)13-6-4-5-12(11-13)18-16(20)10-8-14-7-9-15(17)21-14/h4-11H,3H2,1-2H3,(H,18,20)/b10-8+. The summed E-state index contributed by atoms with van der Waals surface area (Å²) in [6.45, 7) is 3.01. The van der Waals surface area contributed by atoms with Crippen LogP contribution in [0.1, 0.15) is 11.8 Å². The van der Waals surface area contributed by atoms with Crippen LogP contribution in [0, 0.1) is 0 Å². The lowest BCUT2D eigenvalue weighted by atomic mass is 10.2. The van der Waals surface area contributed by atoms with E-state index in [0.717, 1.165) is 26.6 Å².